The maximum absolute atomic E-state index is 5.19. The van der Waals surface area contributed by atoms with Crippen LogP contribution in [0.3, 0.4) is 0 Å². The number of hydrogen-bond acceptors (Lipinski definition) is 3. The van der Waals surface area contributed by atoms with Crippen LogP contribution in [-0.2, 0) is 13.1 Å². The fourth-order valence-corrected chi connectivity index (χ4v) is 2.58. The van der Waals surface area contributed by atoms with Gasteiger partial charge in [-0.05, 0) is 54.8 Å². The average molecular weight is 354 g/mol. The summed E-state index contributed by atoms with van der Waals surface area (Å²) in [6, 6.07) is 14.5. The van der Waals surface area contributed by atoms with E-state index in [1.807, 2.05) is 24.3 Å². The van der Waals surface area contributed by atoms with Crippen molar-refractivity contribution in [2.75, 3.05) is 32.6 Å². The van der Waals surface area contributed by atoms with Gasteiger partial charge < -0.3 is 20.3 Å². The molecule has 0 amide bonds. The summed E-state index contributed by atoms with van der Waals surface area (Å²) in [6.07, 6.45) is 0. The Morgan fingerprint density at radius 3 is 2.38 bits per heavy atom. The van der Waals surface area contributed by atoms with Crippen molar-refractivity contribution in [1.82, 2.24) is 10.6 Å². The van der Waals surface area contributed by atoms with Gasteiger partial charge in [-0.15, -0.1) is 0 Å². The van der Waals surface area contributed by atoms with E-state index in [1.54, 1.807) is 7.11 Å². The molecule has 0 bridgehead atoms. The molecule has 0 saturated carbocycles. The van der Waals surface area contributed by atoms with Gasteiger partial charge in [-0.1, -0.05) is 18.2 Å². The molecule has 2 aromatic carbocycles. The molecule has 2 N–H and O–H groups in total. The molecule has 2 rings (SSSR count). The molecular weight excluding hydrogens is 324 g/mol. The highest BCUT2D eigenvalue weighted by Gasteiger charge is 2.04. The summed E-state index contributed by atoms with van der Waals surface area (Å²) >= 11 is 0. The lowest BCUT2D eigenvalue weighted by molar-refractivity contribution is 0.414. The third kappa shape index (κ3) is 5.69. The second-order valence-electron chi connectivity index (χ2n) is 6.40. The maximum Gasteiger partial charge on any atom is 0.191 e. The maximum atomic E-state index is 5.19. The van der Waals surface area contributed by atoms with Gasteiger partial charge in [-0.25, -0.2) is 4.99 Å². The zero-order valence-electron chi connectivity index (χ0n) is 16.5. The van der Waals surface area contributed by atoms with Gasteiger partial charge in [0.25, 0.3) is 0 Å². The molecule has 0 aliphatic carbocycles. The first-order chi connectivity index (χ1) is 12.5. The lowest BCUT2D eigenvalue weighted by atomic mass is 10.1. The standard InChI is InChI=1S/C21H30N4O/c1-6-22-21(23-14-17-7-11-20(26-5)12-8-17)24-15-18-9-10-19(25(3)4)13-16(18)2/h7-13H,6,14-15H2,1-5H3,(H2,22,23,24). The highest BCUT2D eigenvalue weighted by atomic mass is 16.5. The number of hydrogen-bond donors (Lipinski definition) is 2. The summed E-state index contributed by atoms with van der Waals surface area (Å²) < 4.78 is 5.19. The molecule has 0 aliphatic heterocycles. The first-order valence-corrected chi connectivity index (χ1v) is 8.95. The number of aryl methyl sites for hydroxylation is 1. The summed E-state index contributed by atoms with van der Waals surface area (Å²) in [5.41, 5.74) is 4.90. The van der Waals surface area contributed by atoms with E-state index in [9.17, 15) is 0 Å². The third-order valence-electron chi connectivity index (χ3n) is 4.21. The van der Waals surface area contributed by atoms with Crippen molar-refractivity contribution < 1.29 is 4.74 Å². The molecule has 0 unspecified atom stereocenters. The Bertz CT molecular complexity index is 723. The van der Waals surface area contributed by atoms with Crippen molar-refractivity contribution in [1.29, 1.82) is 0 Å². The second-order valence-corrected chi connectivity index (χ2v) is 6.40. The van der Waals surface area contributed by atoms with Gasteiger partial charge in [0.05, 0.1) is 13.7 Å². The van der Waals surface area contributed by atoms with Crippen LogP contribution in [0.2, 0.25) is 0 Å². The van der Waals surface area contributed by atoms with E-state index < -0.39 is 0 Å². The number of nitrogens with zero attached hydrogens (tertiary/aromatic N) is 2. The monoisotopic (exact) mass is 354 g/mol. The number of anilines is 1. The van der Waals surface area contributed by atoms with Gasteiger partial charge in [0.2, 0.25) is 0 Å². The van der Waals surface area contributed by atoms with E-state index >= 15 is 0 Å². The van der Waals surface area contributed by atoms with Gasteiger partial charge in [0, 0.05) is 32.9 Å². The van der Waals surface area contributed by atoms with E-state index in [0.29, 0.717) is 6.54 Å². The first kappa shape index (κ1) is 19.6. The van der Waals surface area contributed by atoms with E-state index in [0.717, 1.165) is 30.4 Å². The fraction of sp³-hybridized carbons (Fsp3) is 0.381. The van der Waals surface area contributed by atoms with Crippen LogP contribution in [-0.4, -0.2) is 33.7 Å². The largest absolute Gasteiger partial charge is 0.497 e. The minimum Gasteiger partial charge on any atom is -0.497 e. The van der Waals surface area contributed by atoms with E-state index in [4.69, 9.17) is 4.74 Å². The second kappa shape index (κ2) is 9.70. The number of nitrogens with one attached hydrogen (secondary N) is 2. The van der Waals surface area contributed by atoms with Crippen LogP contribution in [0.25, 0.3) is 0 Å². The molecule has 2 aromatic rings. The normalized spacial score (nSPS) is 11.2. The molecule has 0 radical (unpaired) electrons. The van der Waals surface area contributed by atoms with Crippen molar-refractivity contribution in [3.8, 4) is 5.75 Å². The molecule has 140 valence electrons. The molecule has 5 heteroatoms. The fourth-order valence-electron chi connectivity index (χ4n) is 2.58. The summed E-state index contributed by atoms with van der Waals surface area (Å²) in [4.78, 5) is 6.79. The van der Waals surface area contributed by atoms with Crippen molar-refractivity contribution >= 4 is 11.6 Å². The minimum atomic E-state index is 0.623. The van der Waals surface area contributed by atoms with Crippen molar-refractivity contribution in [2.24, 2.45) is 4.99 Å². The summed E-state index contributed by atoms with van der Waals surface area (Å²) in [6.45, 7) is 6.41. The third-order valence-corrected chi connectivity index (χ3v) is 4.21. The van der Waals surface area contributed by atoms with Crippen molar-refractivity contribution in [2.45, 2.75) is 26.9 Å². The molecule has 0 spiro atoms. The molecule has 0 fully saturated rings. The SMILES string of the molecule is CCNC(=NCc1ccc(OC)cc1)NCc1ccc(N(C)C)cc1C. The molecular formula is C21H30N4O. The van der Waals surface area contributed by atoms with Crippen LogP contribution < -0.4 is 20.3 Å². The highest BCUT2D eigenvalue weighted by Crippen LogP contribution is 2.17. The van der Waals surface area contributed by atoms with Gasteiger partial charge in [-0.2, -0.15) is 0 Å². The Morgan fingerprint density at radius 1 is 1.08 bits per heavy atom. The smallest absolute Gasteiger partial charge is 0.191 e. The van der Waals surface area contributed by atoms with Crippen LogP contribution in [0.1, 0.15) is 23.6 Å². The van der Waals surface area contributed by atoms with Gasteiger partial charge >= 0.3 is 0 Å². The van der Waals surface area contributed by atoms with Crippen LogP contribution in [0.5, 0.6) is 5.75 Å². The Kier molecular flexibility index (Phi) is 7.33. The molecule has 26 heavy (non-hydrogen) atoms. The number of benzene rings is 2. The average Bonchev–Trinajstić information content (AvgIpc) is 2.65. The van der Waals surface area contributed by atoms with Gasteiger partial charge in [0.1, 0.15) is 5.75 Å². The zero-order valence-corrected chi connectivity index (χ0v) is 16.5. The summed E-state index contributed by atoms with van der Waals surface area (Å²) in [5.74, 6) is 1.68. The topological polar surface area (TPSA) is 48.9 Å². The summed E-state index contributed by atoms with van der Waals surface area (Å²) in [7, 11) is 5.79. The van der Waals surface area contributed by atoms with Crippen molar-refractivity contribution in [3.05, 3.63) is 59.2 Å². The quantitative estimate of drug-likeness (QED) is 0.591. The number of aliphatic imine (C=N–C) groups is 1. The Morgan fingerprint density at radius 2 is 1.81 bits per heavy atom. The number of rotatable bonds is 7. The molecule has 0 saturated heterocycles. The number of guanidine groups is 1. The van der Waals surface area contributed by atoms with Crippen LogP contribution >= 0.6 is 0 Å². The number of ether oxygens (including phenoxy) is 1. The van der Waals surface area contributed by atoms with Gasteiger partial charge in [-0.3, -0.25) is 0 Å². The van der Waals surface area contributed by atoms with Crippen LogP contribution in [0.4, 0.5) is 5.69 Å². The molecule has 0 aromatic heterocycles. The Labute approximate surface area is 157 Å². The molecule has 5 nitrogen and oxygen atoms in total. The lowest BCUT2D eigenvalue weighted by Gasteiger charge is -2.16. The first-order valence-electron chi connectivity index (χ1n) is 8.95. The van der Waals surface area contributed by atoms with E-state index in [-0.39, 0.29) is 0 Å². The highest BCUT2D eigenvalue weighted by molar-refractivity contribution is 5.79. The molecule has 0 heterocycles. The van der Waals surface area contributed by atoms with Crippen LogP contribution in [0, 0.1) is 6.92 Å². The zero-order chi connectivity index (χ0) is 18.9. The Hall–Kier alpha value is -2.69. The Balaban J connectivity index is 2.00. The summed E-state index contributed by atoms with van der Waals surface area (Å²) in [5, 5.41) is 6.72. The number of methoxy groups -OCH3 is 1. The predicted molar refractivity (Wildman–Crippen MR) is 110 cm³/mol. The lowest BCUT2D eigenvalue weighted by Crippen LogP contribution is -2.37. The van der Waals surface area contributed by atoms with E-state index in [1.165, 1.54) is 16.8 Å². The van der Waals surface area contributed by atoms with Crippen molar-refractivity contribution in [3.63, 3.8) is 0 Å². The van der Waals surface area contributed by atoms with Gasteiger partial charge in [0.15, 0.2) is 5.96 Å². The minimum absolute atomic E-state index is 0.623. The van der Waals surface area contributed by atoms with Crippen LogP contribution in [0.15, 0.2) is 47.5 Å². The van der Waals surface area contributed by atoms with E-state index in [2.05, 4.69) is 66.7 Å². The molecule has 0 atom stereocenters. The predicted octanol–water partition coefficient (Wildman–Crippen LogP) is 3.32. The molecule has 0 aliphatic rings.